The molecule has 1 aromatic heterocycles. The van der Waals surface area contributed by atoms with Crippen molar-refractivity contribution in [1.29, 1.82) is 31.6 Å². The van der Waals surface area contributed by atoms with Gasteiger partial charge in [-0.3, -0.25) is 0 Å². The van der Waals surface area contributed by atoms with Gasteiger partial charge in [0.25, 0.3) is 0 Å². The quantitative estimate of drug-likeness (QED) is 0.574. The van der Waals surface area contributed by atoms with E-state index < -0.39 is 18.1 Å². The Hall–Kier alpha value is -5.43. The van der Waals surface area contributed by atoms with Gasteiger partial charge in [0.05, 0.1) is 35.3 Å². The van der Waals surface area contributed by atoms with Crippen LogP contribution in [0.1, 0.15) is 11.4 Å². The summed E-state index contributed by atoms with van der Waals surface area (Å²) in [5.41, 5.74) is 0.600. The molecule has 2 aliphatic heterocycles. The largest absolute Gasteiger partial charge is 0.364 e. The highest BCUT2D eigenvalue weighted by atomic mass is 15.1. The van der Waals surface area contributed by atoms with Crippen molar-refractivity contribution in [2.24, 2.45) is 4.99 Å². The summed E-state index contributed by atoms with van der Waals surface area (Å²) in [6, 6.07) is 8.35. The molecular formula is C18H6N12. The number of anilines is 3. The maximum atomic E-state index is 9.41. The summed E-state index contributed by atoms with van der Waals surface area (Å²) in [5.74, 6) is 0. The predicted molar refractivity (Wildman–Crippen MR) is 101 cm³/mol. The van der Waals surface area contributed by atoms with Gasteiger partial charge in [-0.15, -0.1) is 0 Å². The minimum atomic E-state index is -1.07. The number of benzene rings is 1. The molecule has 12 heteroatoms. The molecule has 0 saturated carbocycles. The highest BCUT2D eigenvalue weighted by Crippen LogP contribution is 2.49. The van der Waals surface area contributed by atoms with Crippen molar-refractivity contribution in [2.45, 2.75) is 18.1 Å². The Kier molecular flexibility index (Phi) is 3.97. The number of aliphatic imine (C=N–C) groups is 1. The van der Waals surface area contributed by atoms with Gasteiger partial charge in [0.2, 0.25) is 0 Å². The van der Waals surface area contributed by atoms with E-state index in [1.54, 1.807) is 12.1 Å². The standard InChI is InChI=1S/C18H6N12/c19-1-7-8(2-20)26-14-13(25-7)15-17(29-10(4-22)9(3-21)27-15)18-16(14)28-11(5-23)12(6-24)30-18/h7-8,10,25-26,29H. The van der Waals surface area contributed by atoms with Gasteiger partial charge in [-0.1, -0.05) is 0 Å². The molecule has 0 radical (unpaired) electrons. The van der Waals surface area contributed by atoms with Crippen LogP contribution in [0, 0.1) is 68.0 Å². The molecule has 0 aliphatic carbocycles. The fourth-order valence-electron chi connectivity index (χ4n) is 3.22. The molecule has 12 nitrogen and oxygen atoms in total. The first-order chi connectivity index (χ1) is 14.6. The third-order valence-electron chi connectivity index (χ3n) is 4.55. The maximum Gasteiger partial charge on any atom is 0.177 e. The van der Waals surface area contributed by atoms with Crippen molar-refractivity contribution in [1.82, 2.24) is 9.97 Å². The van der Waals surface area contributed by atoms with Crippen LogP contribution in [0.25, 0.3) is 11.0 Å². The average Bonchev–Trinajstić information content (AvgIpc) is 2.81. The van der Waals surface area contributed by atoms with Crippen LogP contribution < -0.4 is 16.0 Å². The van der Waals surface area contributed by atoms with Gasteiger partial charge in [0.15, 0.2) is 23.1 Å². The average molecular weight is 390 g/mol. The number of aromatic nitrogens is 2. The van der Waals surface area contributed by atoms with Crippen molar-refractivity contribution >= 4 is 39.5 Å². The van der Waals surface area contributed by atoms with E-state index in [2.05, 4.69) is 30.9 Å². The fraction of sp³-hybridized carbons (Fsp3) is 0.167. The Labute approximate surface area is 168 Å². The van der Waals surface area contributed by atoms with E-state index in [1.807, 2.05) is 24.3 Å². The summed E-state index contributed by atoms with van der Waals surface area (Å²) in [6.45, 7) is 0. The summed E-state index contributed by atoms with van der Waals surface area (Å²) in [6.07, 6.45) is 0. The summed E-state index contributed by atoms with van der Waals surface area (Å²) in [7, 11) is 0. The zero-order chi connectivity index (χ0) is 21.4. The van der Waals surface area contributed by atoms with Crippen molar-refractivity contribution in [3.8, 4) is 36.4 Å². The molecule has 4 rings (SSSR count). The van der Waals surface area contributed by atoms with Crippen LogP contribution in [0.4, 0.5) is 22.7 Å². The van der Waals surface area contributed by atoms with Crippen LogP contribution >= 0.6 is 0 Å². The van der Waals surface area contributed by atoms with Gasteiger partial charge in [0, 0.05) is 0 Å². The first-order valence-electron chi connectivity index (χ1n) is 8.29. The molecule has 3 heterocycles. The highest BCUT2D eigenvalue weighted by Gasteiger charge is 2.36. The Morgan fingerprint density at radius 1 is 0.633 bits per heavy atom. The summed E-state index contributed by atoms with van der Waals surface area (Å²) in [4.78, 5) is 12.7. The topological polar surface area (TPSA) is 217 Å². The number of hydrogen-bond donors (Lipinski definition) is 3. The lowest BCUT2D eigenvalue weighted by atomic mass is 10.00. The molecule has 3 unspecified atom stereocenters. The molecule has 0 spiro atoms. The zero-order valence-electron chi connectivity index (χ0n) is 14.8. The van der Waals surface area contributed by atoms with E-state index in [9.17, 15) is 31.6 Å². The summed E-state index contributed by atoms with van der Waals surface area (Å²) < 4.78 is 0. The smallest absolute Gasteiger partial charge is 0.177 e. The first-order valence-corrected chi connectivity index (χ1v) is 8.29. The van der Waals surface area contributed by atoms with Gasteiger partial charge in [0.1, 0.15) is 47.0 Å². The lowest BCUT2D eigenvalue weighted by Gasteiger charge is -2.32. The lowest BCUT2D eigenvalue weighted by molar-refractivity contribution is 0.794. The highest BCUT2D eigenvalue weighted by molar-refractivity contribution is 6.18. The monoisotopic (exact) mass is 390 g/mol. The molecule has 3 atom stereocenters. The molecule has 1 aromatic carbocycles. The van der Waals surface area contributed by atoms with Gasteiger partial charge in [-0.2, -0.15) is 31.6 Å². The molecule has 30 heavy (non-hydrogen) atoms. The Morgan fingerprint density at radius 2 is 1.20 bits per heavy atom. The molecule has 2 aromatic rings. The second-order valence-electron chi connectivity index (χ2n) is 6.13. The second kappa shape index (κ2) is 6.63. The molecular weight excluding hydrogens is 384 g/mol. The van der Waals surface area contributed by atoms with Crippen molar-refractivity contribution in [2.75, 3.05) is 16.0 Å². The molecule has 0 saturated heterocycles. The minimum absolute atomic E-state index is 0.105. The number of rotatable bonds is 0. The molecule has 3 N–H and O–H groups in total. The van der Waals surface area contributed by atoms with E-state index in [-0.39, 0.29) is 50.9 Å². The van der Waals surface area contributed by atoms with E-state index in [4.69, 9.17) is 0 Å². The SMILES string of the molecule is N#CC1=Nc2c3c(c4nc(C#N)c(C#N)nc4c2NC1C#N)NC(C#N)C(C#N)N3. The van der Waals surface area contributed by atoms with Crippen molar-refractivity contribution < 1.29 is 0 Å². The molecule has 0 fully saturated rings. The number of nitrogens with one attached hydrogen (secondary N) is 3. The second-order valence-corrected chi connectivity index (χ2v) is 6.13. The third-order valence-corrected chi connectivity index (χ3v) is 4.55. The molecule has 2 aliphatic rings. The number of nitrogens with zero attached hydrogens (tertiary/aromatic N) is 9. The van der Waals surface area contributed by atoms with E-state index >= 15 is 0 Å². The van der Waals surface area contributed by atoms with E-state index in [0.717, 1.165) is 0 Å². The Balaban J connectivity index is 2.15. The van der Waals surface area contributed by atoms with E-state index in [1.165, 1.54) is 0 Å². The molecule has 0 amide bonds. The first kappa shape index (κ1) is 18.0. The minimum Gasteiger partial charge on any atom is -0.364 e. The van der Waals surface area contributed by atoms with Crippen molar-refractivity contribution in [3.63, 3.8) is 0 Å². The lowest BCUT2D eigenvalue weighted by Crippen LogP contribution is -2.41. The fourth-order valence-corrected chi connectivity index (χ4v) is 3.22. The summed E-state index contributed by atoms with van der Waals surface area (Å²) >= 11 is 0. The predicted octanol–water partition coefficient (Wildman–Crippen LogP) is 0.909. The van der Waals surface area contributed by atoms with E-state index in [0.29, 0.717) is 0 Å². The van der Waals surface area contributed by atoms with Gasteiger partial charge in [-0.05, 0) is 0 Å². The van der Waals surface area contributed by atoms with Crippen LogP contribution in [-0.4, -0.2) is 33.8 Å². The maximum absolute atomic E-state index is 9.41. The van der Waals surface area contributed by atoms with Gasteiger partial charge in [-0.25, -0.2) is 15.0 Å². The molecule has 138 valence electrons. The Morgan fingerprint density at radius 3 is 1.70 bits per heavy atom. The van der Waals surface area contributed by atoms with Crippen LogP contribution in [0.5, 0.6) is 0 Å². The zero-order valence-corrected chi connectivity index (χ0v) is 14.8. The van der Waals surface area contributed by atoms with Crippen molar-refractivity contribution in [3.05, 3.63) is 11.4 Å². The van der Waals surface area contributed by atoms with Crippen LogP contribution in [0.15, 0.2) is 4.99 Å². The Bertz CT molecular complexity index is 1410. The van der Waals surface area contributed by atoms with Crippen LogP contribution in [-0.2, 0) is 0 Å². The van der Waals surface area contributed by atoms with Crippen LogP contribution in [0.2, 0.25) is 0 Å². The number of nitriles is 6. The summed E-state index contributed by atoms with van der Waals surface area (Å²) in [5, 5.41) is 64.9. The normalized spacial score (nSPS) is 20.5. The van der Waals surface area contributed by atoms with Gasteiger partial charge < -0.3 is 16.0 Å². The van der Waals surface area contributed by atoms with Gasteiger partial charge >= 0.3 is 0 Å². The number of hydrogen-bond acceptors (Lipinski definition) is 12. The van der Waals surface area contributed by atoms with Crippen LogP contribution in [0.3, 0.4) is 0 Å². The number of fused-ring (bicyclic) bond motifs is 6. The molecule has 0 bridgehead atoms. The third kappa shape index (κ3) is 2.37.